The number of nitrogens with zero attached hydrogens (tertiary/aromatic N) is 3. The van der Waals surface area contributed by atoms with Crippen molar-refractivity contribution in [2.24, 2.45) is 0 Å². The van der Waals surface area contributed by atoms with E-state index < -0.39 is 34.3 Å². The summed E-state index contributed by atoms with van der Waals surface area (Å²) in [5.41, 5.74) is 0. The molecule has 0 bridgehead atoms. The molecular formula is C11H13N3O6S. The Morgan fingerprint density at radius 3 is 2.81 bits per heavy atom. The molecule has 2 aliphatic heterocycles. The van der Waals surface area contributed by atoms with E-state index in [4.69, 9.17) is 8.97 Å². The Hall–Kier alpha value is -2.07. The lowest BCUT2D eigenvalue weighted by atomic mass is 10.0. The number of fused-ring (bicyclic) bond motifs is 1. The van der Waals surface area contributed by atoms with Crippen molar-refractivity contribution in [1.82, 2.24) is 9.21 Å². The summed E-state index contributed by atoms with van der Waals surface area (Å²) in [5.74, 6) is -0.469. The average molecular weight is 315 g/mol. The molecule has 0 radical (unpaired) electrons. The van der Waals surface area contributed by atoms with Gasteiger partial charge < -0.3 is 9.32 Å². The van der Waals surface area contributed by atoms with Crippen molar-refractivity contribution in [3.8, 4) is 0 Å². The molecule has 0 unspecified atom stereocenters. The normalized spacial score (nSPS) is 24.8. The van der Waals surface area contributed by atoms with Crippen LogP contribution in [0.2, 0.25) is 0 Å². The number of β-lactam (4-membered cyclic amide) rings is 1. The van der Waals surface area contributed by atoms with E-state index in [1.165, 1.54) is 23.1 Å². The van der Waals surface area contributed by atoms with Gasteiger partial charge in [0, 0.05) is 19.7 Å². The van der Waals surface area contributed by atoms with Crippen molar-refractivity contribution in [3.05, 3.63) is 18.4 Å². The number of hydrogen-bond acceptors (Lipinski definition) is 5. The monoisotopic (exact) mass is 315 g/mol. The highest BCUT2D eigenvalue weighted by atomic mass is 32.2. The van der Waals surface area contributed by atoms with Gasteiger partial charge in [-0.25, -0.2) is 9.10 Å². The molecule has 0 spiro atoms. The SMILES string of the molecule is CN(C(=O)N1CC[C@@H]2[C@H]1C(=O)N2S(=O)(=O)O)c1ccco1. The molecule has 2 aliphatic rings. The summed E-state index contributed by atoms with van der Waals surface area (Å²) in [6, 6.07) is 1.22. The summed E-state index contributed by atoms with van der Waals surface area (Å²) in [6.07, 6.45) is 1.72. The molecule has 2 atom stereocenters. The Kier molecular flexibility index (Phi) is 2.95. The first-order chi connectivity index (χ1) is 9.82. The topological polar surface area (TPSA) is 111 Å². The van der Waals surface area contributed by atoms with Crippen LogP contribution in [0.4, 0.5) is 10.7 Å². The predicted molar refractivity (Wildman–Crippen MR) is 69.8 cm³/mol. The van der Waals surface area contributed by atoms with Crippen LogP contribution in [0, 0.1) is 0 Å². The van der Waals surface area contributed by atoms with Crippen molar-refractivity contribution in [2.45, 2.75) is 18.5 Å². The maximum atomic E-state index is 12.3. The largest absolute Gasteiger partial charge is 0.448 e. The van der Waals surface area contributed by atoms with Gasteiger partial charge in [-0.3, -0.25) is 14.2 Å². The minimum atomic E-state index is -4.57. The molecule has 21 heavy (non-hydrogen) atoms. The van der Waals surface area contributed by atoms with E-state index in [0.29, 0.717) is 16.6 Å². The third-order valence-electron chi connectivity index (χ3n) is 3.76. The molecule has 0 aromatic carbocycles. The Balaban J connectivity index is 1.78. The minimum absolute atomic E-state index is 0.233. The Bertz CT molecular complexity index is 685. The van der Waals surface area contributed by atoms with Gasteiger partial charge in [-0.15, -0.1) is 0 Å². The van der Waals surface area contributed by atoms with Gasteiger partial charge in [0.05, 0.1) is 12.3 Å². The molecule has 3 rings (SSSR count). The fourth-order valence-electron chi connectivity index (χ4n) is 2.78. The number of carbonyl (C=O) groups excluding carboxylic acids is 2. The maximum absolute atomic E-state index is 12.3. The predicted octanol–water partition coefficient (Wildman–Crippen LogP) is -0.0763. The summed E-state index contributed by atoms with van der Waals surface area (Å²) in [7, 11) is -3.07. The second kappa shape index (κ2) is 4.46. The standard InChI is InChI=1S/C11H13N3O6S/c1-12(8-3-2-6-20-8)11(16)13-5-4-7-9(13)10(15)14(7)21(17,18)19/h2-3,6-7,9H,4-5H2,1H3,(H,17,18,19)/t7-,9+/m1/s1. The van der Waals surface area contributed by atoms with E-state index in [-0.39, 0.29) is 6.54 Å². The number of anilines is 1. The van der Waals surface area contributed by atoms with Crippen LogP contribution >= 0.6 is 0 Å². The molecule has 9 nitrogen and oxygen atoms in total. The highest BCUT2D eigenvalue weighted by molar-refractivity contribution is 7.84. The van der Waals surface area contributed by atoms with E-state index in [1.807, 2.05) is 0 Å². The summed E-state index contributed by atoms with van der Waals surface area (Å²) >= 11 is 0. The molecule has 0 aliphatic carbocycles. The lowest BCUT2D eigenvalue weighted by Crippen LogP contribution is -2.69. The van der Waals surface area contributed by atoms with Gasteiger partial charge in [0.2, 0.25) is 5.88 Å². The minimum Gasteiger partial charge on any atom is -0.448 e. The van der Waals surface area contributed by atoms with Crippen molar-refractivity contribution >= 4 is 28.1 Å². The number of urea groups is 1. The van der Waals surface area contributed by atoms with Gasteiger partial charge >= 0.3 is 16.3 Å². The first-order valence-electron chi connectivity index (χ1n) is 6.21. The van der Waals surface area contributed by atoms with E-state index >= 15 is 0 Å². The molecule has 2 fully saturated rings. The second-order valence-corrected chi connectivity index (χ2v) is 6.19. The Labute approximate surface area is 120 Å². The van der Waals surface area contributed by atoms with Crippen molar-refractivity contribution in [1.29, 1.82) is 0 Å². The molecule has 1 aromatic rings. The Morgan fingerprint density at radius 2 is 2.24 bits per heavy atom. The number of likely N-dealkylation sites (tertiary alicyclic amines) is 1. The third kappa shape index (κ3) is 1.98. The number of carbonyl (C=O) groups is 2. The zero-order chi connectivity index (χ0) is 15.4. The number of furan rings is 1. The number of amides is 3. The van der Waals surface area contributed by atoms with Gasteiger partial charge in [-0.2, -0.15) is 8.42 Å². The van der Waals surface area contributed by atoms with E-state index in [9.17, 15) is 18.0 Å². The Morgan fingerprint density at radius 1 is 1.52 bits per heavy atom. The van der Waals surface area contributed by atoms with E-state index in [2.05, 4.69) is 0 Å². The first kappa shape index (κ1) is 13.9. The number of rotatable bonds is 2. The molecule has 2 saturated heterocycles. The summed E-state index contributed by atoms with van der Waals surface area (Å²) < 4.78 is 36.7. The second-order valence-electron chi connectivity index (χ2n) is 4.90. The molecule has 3 amide bonds. The van der Waals surface area contributed by atoms with Gasteiger partial charge in [-0.1, -0.05) is 0 Å². The van der Waals surface area contributed by atoms with Crippen LogP contribution in [0.15, 0.2) is 22.8 Å². The number of hydrogen-bond donors (Lipinski definition) is 1. The molecular weight excluding hydrogens is 302 g/mol. The molecule has 3 heterocycles. The summed E-state index contributed by atoms with van der Waals surface area (Å²) in [4.78, 5) is 26.7. The summed E-state index contributed by atoms with van der Waals surface area (Å²) in [6.45, 7) is 0.233. The van der Waals surface area contributed by atoms with Crippen LogP contribution in [0.3, 0.4) is 0 Å². The van der Waals surface area contributed by atoms with Crippen molar-refractivity contribution in [3.63, 3.8) is 0 Å². The van der Waals surface area contributed by atoms with E-state index in [0.717, 1.165) is 0 Å². The van der Waals surface area contributed by atoms with Crippen LogP contribution in [0.25, 0.3) is 0 Å². The third-order valence-corrected chi connectivity index (χ3v) is 4.70. The van der Waals surface area contributed by atoms with Crippen molar-refractivity contribution in [2.75, 3.05) is 18.5 Å². The van der Waals surface area contributed by atoms with Gasteiger partial charge in [-0.05, 0) is 12.5 Å². The zero-order valence-electron chi connectivity index (χ0n) is 11.0. The van der Waals surface area contributed by atoms with Crippen LogP contribution in [-0.4, -0.2) is 59.8 Å². The molecule has 1 N–H and O–H groups in total. The van der Waals surface area contributed by atoms with Gasteiger partial charge in [0.15, 0.2) is 0 Å². The van der Waals surface area contributed by atoms with Crippen LogP contribution in [0.5, 0.6) is 0 Å². The van der Waals surface area contributed by atoms with Crippen LogP contribution in [0.1, 0.15) is 6.42 Å². The fraction of sp³-hybridized carbons (Fsp3) is 0.455. The molecule has 114 valence electrons. The lowest BCUT2D eigenvalue weighted by molar-refractivity contribution is -0.143. The van der Waals surface area contributed by atoms with Crippen molar-refractivity contribution < 1.29 is 27.0 Å². The highest BCUT2D eigenvalue weighted by Crippen LogP contribution is 2.36. The first-order valence-corrected chi connectivity index (χ1v) is 7.60. The summed E-state index contributed by atoms with van der Waals surface area (Å²) in [5, 5.41) is 0. The molecule has 1 aromatic heterocycles. The molecule has 0 saturated carbocycles. The highest BCUT2D eigenvalue weighted by Gasteiger charge is 2.60. The van der Waals surface area contributed by atoms with Gasteiger partial charge in [0.1, 0.15) is 6.04 Å². The smallest absolute Gasteiger partial charge is 0.362 e. The lowest BCUT2D eigenvalue weighted by Gasteiger charge is -2.42. The van der Waals surface area contributed by atoms with Crippen LogP contribution in [-0.2, 0) is 15.1 Å². The van der Waals surface area contributed by atoms with Crippen LogP contribution < -0.4 is 4.90 Å². The van der Waals surface area contributed by atoms with E-state index in [1.54, 1.807) is 12.1 Å². The van der Waals surface area contributed by atoms with Gasteiger partial charge in [0.25, 0.3) is 5.91 Å². The quantitative estimate of drug-likeness (QED) is 0.604. The molecule has 10 heteroatoms. The maximum Gasteiger partial charge on any atom is 0.362 e. The fourth-order valence-corrected chi connectivity index (χ4v) is 3.68. The zero-order valence-corrected chi connectivity index (χ0v) is 11.9. The average Bonchev–Trinajstić information content (AvgIpc) is 3.01.